The predicted octanol–water partition coefficient (Wildman–Crippen LogP) is -2.92. The number of nitrogens with zero attached hydrogens (tertiary/aromatic N) is 2. The molecule has 2 aromatic heterocycles. The van der Waals surface area contributed by atoms with Crippen LogP contribution in [0.15, 0.2) is 11.1 Å². The lowest BCUT2D eigenvalue weighted by Gasteiger charge is -2.18. The fourth-order valence-corrected chi connectivity index (χ4v) is 5.78. The van der Waals surface area contributed by atoms with Crippen LogP contribution in [0.2, 0.25) is 0 Å². The van der Waals surface area contributed by atoms with Gasteiger partial charge in [0, 0.05) is 0 Å². The van der Waals surface area contributed by atoms with Crippen LogP contribution < -0.4 is 15.9 Å². The number of nitrogen functional groups attached to an aromatic ring is 1. The van der Waals surface area contributed by atoms with Crippen LogP contribution in [0.3, 0.4) is 0 Å². The average Bonchev–Trinajstić information content (AvgIpc) is 3.12. The minimum Gasteiger partial charge on any atom is -0.387 e. The number of nitrogens with two attached hydrogens (primary N) is 1. The molecule has 0 bridgehead atoms. The molecule has 1 aliphatic rings. The molecule has 19 nitrogen and oxygen atoms in total. The zero-order valence-electron chi connectivity index (χ0n) is 15.4. The number of rotatable bonds is 8. The Morgan fingerprint density at radius 3 is 2.41 bits per heavy atom. The highest BCUT2D eigenvalue weighted by Crippen LogP contribution is 2.66. The van der Waals surface area contributed by atoms with E-state index in [9.17, 15) is 33.6 Å². The van der Waals surface area contributed by atoms with Crippen LogP contribution >= 0.6 is 23.5 Å². The Bertz CT molecular complexity index is 1210. The molecule has 3 rings (SSSR count). The number of hydrogen-bond donors (Lipinski definition) is 9. The van der Waals surface area contributed by atoms with Crippen molar-refractivity contribution in [2.24, 2.45) is 0 Å². The standard InChI is InChI=1S/C10H16N5O14P3/c11-10-13-7-4(8(18)14-10)12-2-15(7)9-6(17)5(16)3(27-9)1-26-31(22,23)29-32(24,25)28-30(19,20)21/h2-3,5-6,9,16-17H,1H2,(H7,11,13,14,18,19,20,21,22,23,24,25)/p+1/t3-,5-,6-,9-/m1/s1. The van der Waals surface area contributed by atoms with Crippen molar-refractivity contribution in [3.8, 4) is 0 Å². The molecule has 0 radical (unpaired) electrons. The summed E-state index contributed by atoms with van der Waals surface area (Å²) in [6.07, 6.45) is -5.13. The molecule has 6 atom stereocenters. The number of H-pyrrole nitrogens is 2. The van der Waals surface area contributed by atoms with Gasteiger partial charge in [-0.2, -0.15) is 8.62 Å². The highest BCUT2D eigenvalue weighted by atomic mass is 31.3. The number of aliphatic hydroxyl groups excluding tert-OH is 2. The number of nitrogens with one attached hydrogen (secondary N) is 2. The summed E-state index contributed by atoms with van der Waals surface area (Å²) >= 11 is 0. The minimum atomic E-state index is -5.73. The topological polar surface area (TPSA) is 301 Å². The summed E-state index contributed by atoms with van der Waals surface area (Å²) in [5.41, 5.74) is 4.75. The third kappa shape index (κ3) is 5.67. The molecule has 2 unspecified atom stereocenters. The molecule has 0 aromatic carbocycles. The number of fused-ring (bicyclic) bond motifs is 1. The number of aliphatic hydroxyl groups is 2. The van der Waals surface area contributed by atoms with Gasteiger partial charge in [0.15, 0.2) is 6.33 Å². The van der Waals surface area contributed by atoms with Crippen molar-refractivity contribution >= 4 is 40.6 Å². The number of aromatic amines is 2. The number of ether oxygens (including phenoxy) is 1. The van der Waals surface area contributed by atoms with Crippen molar-refractivity contribution in [2.45, 2.75) is 24.5 Å². The molecule has 180 valence electrons. The quantitative estimate of drug-likeness (QED) is 0.123. The van der Waals surface area contributed by atoms with Gasteiger partial charge < -0.3 is 40.3 Å². The minimum absolute atomic E-state index is 0.0406. The first-order valence-electron chi connectivity index (χ1n) is 8.16. The average molecular weight is 524 g/mol. The van der Waals surface area contributed by atoms with Crippen LogP contribution in [-0.2, 0) is 31.6 Å². The van der Waals surface area contributed by atoms with Crippen LogP contribution in [0.1, 0.15) is 6.23 Å². The monoisotopic (exact) mass is 524 g/mol. The summed E-state index contributed by atoms with van der Waals surface area (Å²) < 4.78 is 51.7. The number of hydrogen-bond acceptors (Lipinski definition) is 12. The van der Waals surface area contributed by atoms with E-state index in [-0.39, 0.29) is 17.1 Å². The highest BCUT2D eigenvalue weighted by Gasteiger charge is 2.48. The summed E-state index contributed by atoms with van der Waals surface area (Å²) in [6.45, 7) is -1.00. The molecule has 22 heteroatoms. The normalized spacial score (nSPS) is 27.9. The summed E-state index contributed by atoms with van der Waals surface area (Å²) in [4.78, 5) is 56.2. The summed E-state index contributed by atoms with van der Waals surface area (Å²) in [5, 5.41) is 20.4. The summed E-state index contributed by atoms with van der Waals surface area (Å²) in [5.74, 6) is -0.256. The summed E-state index contributed by atoms with van der Waals surface area (Å²) in [7, 11) is -16.8. The maximum atomic E-state index is 11.9. The fourth-order valence-electron chi connectivity index (χ4n) is 2.75. The van der Waals surface area contributed by atoms with Gasteiger partial charge in [-0.25, -0.2) is 18.3 Å². The van der Waals surface area contributed by atoms with Crippen LogP contribution in [0, 0.1) is 0 Å². The van der Waals surface area contributed by atoms with E-state index in [0.29, 0.717) is 0 Å². The third-order valence-electron chi connectivity index (χ3n) is 3.94. The van der Waals surface area contributed by atoms with Gasteiger partial charge in [0.1, 0.15) is 18.3 Å². The van der Waals surface area contributed by atoms with Crippen LogP contribution in [-0.4, -0.2) is 69.7 Å². The number of imidazole rings is 1. The Morgan fingerprint density at radius 2 is 1.78 bits per heavy atom. The molecule has 1 saturated heterocycles. The Balaban J connectivity index is 1.72. The van der Waals surface area contributed by atoms with Crippen molar-refractivity contribution < 1.29 is 65.9 Å². The van der Waals surface area contributed by atoms with Crippen LogP contribution in [0.4, 0.5) is 5.95 Å². The van der Waals surface area contributed by atoms with E-state index in [1.54, 1.807) is 0 Å². The molecule has 32 heavy (non-hydrogen) atoms. The van der Waals surface area contributed by atoms with E-state index < -0.39 is 60.2 Å². The van der Waals surface area contributed by atoms with E-state index in [4.69, 9.17) is 25.2 Å². The number of aromatic nitrogens is 4. The highest BCUT2D eigenvalue weighted by molar-refractivity contribution is 7.66. The molecule has 1 aliphatic heterocycles. The van der Waals surface area contributed by atoms with Crippen molar-refractivity contribution in [1.82, 2.24) is 15.0 Å². The Kier molecular flexibility index (Phi) is 6.78. The van der Waals surface area contributed by atoms with Gasteiger partial charge in [0.2, 0.25) is 11.7 Å². The van der Waals surface area contributed by atoms with E-state index in [1.807, 2.05) is 0 Å². The molecule has 0 amide bonds. The Hall–Kier alpha value is -1.56. The first-order chi connectivity index (χ1) is 14.6. The van der Waals surface area contributed by atoms with Gasteiger partial charge >= 0.3 is 29.1 Å². The van der Waals surface area contributed by atoms with E-state index in [1.165, 1.54) is 6.33 Å². The van der Waals surface area contributed by atoms with Crippen molar-refractivity contribution in [2.75, 3.05) is 12.3 Å². The maximum absolute atomic E-state index is 11.9. The number of anilines is 1. The number of phosphoric ester groups is 1. The van der Waals surface area contributed by atoms with Gasteiger partial charge in [-0.1, -0.05) is 4.98 Å². The van der Waals surface area contributed by atoms with Gasteiger partial charge in [-0.05, 0) is 0 Å². The molecule has 2 aromatic rings. The summed E-state index contributed by atoms with van der Waals surface area (Å²) in [6, 6.07) is 0. The first kappa shape index (κ1) is 25.1. The maximum Gasteiger partial charge on any atom is 0.490 e. The molecule has 3 heterocycles. The van der Waals surface area contributed by atoms with E-state index in [0.717, 1.165) is 4.57 Å². The second-order valence-electron chi connectivity index (χ2n) is 6.26. The van der Waals surface area contributed by atoms with E-state index in [2.05, 4.69) is 28.1 Å². The second kappa shape index (κ2) is 8.66. The van der Waals surface area contributed by atoms with Crippen molar-refractivity contribution in [3.05, 3.63) is 16.7 Å². The lowest BCUT2D eigenvalue weighted by atomic mass is 10.1. The molecule has 0 spiro atoms. The molecule has 0 saturated carbocycles. The lowest BCUT2D eigenvalue weighted by molar-refractivity contribution is -0.745. The zero-order chi connectivity index (χ0) is 24.1. The second-order valence-corrected chi connectivity index (χ2v) is 10.7. The Morgan fingerprint density at radius 1 is 1.12 bits per heavy atom. The molecular weight excluding hydrogens is 507 g/mol. The third-order valence-corrected chi connectivity index (χ3v) is 7.74. The first-order valence-corrected chi connectivity index (χ1v) is 12.7. The largest absolute Gasteiger partial charge is 0.490 e. The fraction of sp³-hybridized carbons (Fsp3) is 0.500. The van der Waals surface area contributed by atoms with Gasteiger partial charge in [0.05, 0.1) is 6.61 Å². The Labute approximate surface area is 175 Å². The molecule has 1 fully saturated rings. The predicted molar refractivity (Wildman–Crippen MR) is 97.1 cm³/mol. The molecular formula is C10H17N5O14P3+. The van der Waals surface area contributed by atoms with Gasteiger partial charge in [0.25, 0.3) is 11.5 Å². The van der Waals surface area contributed by atoms with Gasteiger partial charge in [-0.15, -0.1) is 0 Å². The SMILES string of the molecule is Nc1nc2c([nH]c[n+]2[C@@H]2O[C@H](COP(=O)(O)OP(=O)(O)OP(=O)(O)O)[C@@H](O)[C@H]2O)c(=O)[nH]1. The number of phosphoric acid groups is 3. The molecule has 0 aliphatic carbocycles. The molecule has 10 N–H and O–H groups in total. The van der Waals surface area contributed by atoms with Crippen molar-refractivity contribution in [1.29, 1.82) is 0 Å². The van der Waals surface area contributed by atoms with E-state index >= 15 is 0 Å². The van der Waals surface area contributed by atoms with Crippen LogP contribution in [0.25, 0.3) is 11.2 Å². The zero-order valence-corrected chi connectivity index (χ0v) is 18.0. The van der Waals surface area contributed by atoms with Crippen LogP contribution in [0.5, 0.6) is 0 Å². The van der Waals surface area contributed by atoms with Crippen molar-refractivity contribution in [3.63, 3.8) is 0 Å². The lowest BCUT2D eigenvalue weighted by Crippen LogP contribution is -2.46. The van der Waals surface area contributed by atoms with Gasteiger partial charge in [-0.3, -0.25) is 19.3 Å². The smallest absolute Gasteiger partial charge is 0.387 e.